The SMILES string of the molecule is COC(=O)C(C)CC(CCl)C(=O)OC. The molecule has 0 aliphatic rings. The average molecular weight is 223 g/mol. The summed E-state index contributed by atoms with van der Waals surface area (Å²) in [7, 11) is 2.61. The number of esters is 2. The molecule has 2 atom stereocenters. The molecule has 14 heavy (non-hydrogen) atoms. The second-order valence-corrected chi connectivity index (χ2v) is 3.34. The quantitative estimate of drug-likeness (QED) is 0.518. The van der Waals surface area contributed by atoms with E-state index in [0.717, 1.165) is 0 Å². The molecule has 0 rings (SSSR count). The minimum absolute atomic E-state index is 0.147. The van der Waals surface area contributed by atoms with Gasteiger partial charge < -0.3 is 9.47 Å². The molecular formula is C9H15ClO4. The molecular weight excluding hydrogens is 208 g/mol. The lowest BCUT2D eigenvalue weighted by molar-refractivity contribution is -0.148. The van der Waals surface area contributed by atoms with E-state index in [1.807, 2.05) is 0 Å². The van der Waals surface area contributed by atoms with E-state index in [1.54, 1.807) is 6.92 Å². The smallest absolute Gasteiger partial charge is 0.309 e. The van der Waals surface area contributed by atoms with Gasteiger partial charge in [-0.15, -0.1) is 11.6 Å². The predicted molar refractivity (Wildman–Crippen MR) is 52.0 cm³/mol. The number of hydrogen-bond donors (Lipinski definition) is 0. The van der Waals surface area contributed by atoms with Gasteiger partial charge in [0, 0.05) is 5.88 Å². The van der Waals surface area contributed by atoms with E-state index >= 15 is 0 Å². The molecule has 0 saturated heterocycles. The Bertz CT molecular complexity index is 205. The first-order valence-corrected chi connectivity index (χ1v) is 4.81. The number of ether oxygens (including phenoxy) is 2. The molecule has 0 saturated carbocycles. The molecule has 0 radical (unpaired) electrons. The predicted octanol–water partition coefficient (Wildman–Crippen LogP) is 1.21. The van der Waals surface area contributed by atoms with Gasteiger partial charge in [-0.1, -0.05) is 6.92 Å². The van der Waals surface area contributed by atoms with Gasteiger partial charge in [-0.2, -0.15) is 0 Å². The molecule has 0 spiro atoms. The van der Waals surface area contributed by atoms with Crippen LogP contribution >= 0.6 is 11.6 Å². The Hall–Kier alpha value is -0.770. The van der Waals surface area contributed by atoms with Gasteiger partial charge in [-0.05, 0) is 6.42 Å². The van der Waals surface area contributed by atoms with Crippen LogP contribution in [0.25, 0.3) is 0 Å². The van der Waals surface area contributed by atoms with E-state index in [1.165, 1.54) is 14.2 Å². The third-order valence-electron chi connectivity index (χ3n) is 1.96. The zero-order valence-electron chi connectivity index (χ0n) is 8.58. The van der Waals surface area contributed by atoms with Gasteiger partial charge in [-0.3, -0.25) is 9.59 Å². The van der Waals surface area contributed by atoms with Gasteiger partial charge >= 0.3 is 11.9 Å². The van der Waals surface area contributed by atoms with Gasteiger partial charge in [0.15, 0.2) is 0 Å². The molecule has 0 aliphatic carbocycles. The summed E-state index contributed by atoms with van der Waals surface area (Å²) < 4.78 is 9.08. The Morgan fingerprint density at radius 1 is 1.21 bits per heavy atom. The van der Waals surface area contributed by atoms with Crippen molar-refractivity contribution in [2.75, 3.05) is 20.1 Å². The number of carbonyl (C=O) groups excluding carboxylic acids is 2. The molecule has 2 unspecified atom stereocenters. The maximum atomic E-state index is 11.1. The molecule has 4 nitrogen and oxygen atoms in total. The lowest BCUT2D eigenvalue weighted by Crippen LogP contribution is -2.24. The van der Waals surface area contributed by atoms with Crippen LogP contribution in [-0.4, -0.2) is 32.0 Å². The van der Waals surface area contributed by atoms with Crippen LogP contribution in [0.5, 0.6) is 0 Å². The molecule has 0 aromatic rings. The largest absolute Gasteiger partial charge is 0.469 e. The normalized spacial score (nSPS) is 14.3. The van der Waals surface area contributed by atoms with E-state index in [-0.39, 0.29) is 17.8 Å². The minimum Gasteiger partial charge on any atom is -0.469 e. The number of halogens is 1. The van der Waals surface area contributed by atoms with Crippen molar-refractivity contribution < 1.29 is 19.1 Å². The third kappa shape index (κ3) is 3.96. The van der Waals surface area contributed by atoms with Crippen LogP contribution in [0.1, 0.15) is 13.3 Å². The van der Waals surface area contributed by atoms with Crippen molar-refractivity contribution in [1.29, 1.82) is 0 Å². The molecule has 0 aliphatic heterocycles. The molecule has 0 N–H and O–H groups in total. The van der Waals surface area contributed by atoms with Crippen LogP contribution in [0, 0.1) is 11.8 Å². The second kappa shape index (κ2) is 6.65. The van der Waals surface area contributed by atoms with E-state index < -0.39 is 11.9 Å². The summed E-state index contributed by atoms with van der Waals surface area (Å²) in [6, 6.07) is 0. The first-order valence-electron chi connectivity index (χ1n) is 4.28. The van der Waals surface area contributed by atoms with Gasteiger partial charge in [-0.25, -0.2) is 0 Å². The van der Waals surface area contributed by atoms with Gasteiger partial charge in [0.2, 0.25) is 0 Å². The highest BCUT2D eigenvalue weighted by Crippen LogP contribution is 2.16. The fourth-order valence-corrected chi connectivity index (χ4v) is 1.37. The number of alkyl halides is 1. The summed E-state index contributed by atoms with van der Waals surface area (Å²) in [4.78, 5) is 22.2. The number of carbonyl (C=O) groups is 2. The highest BCUT2D eigenvalue weighted by Gasteiger charge is 2.24. The fourth-order valence-electron chi connectivity index (χ4n) is 1.11. The first kappa shape index (κ1) is 13.2. The number of methoxy groups -OCH3 is 2. The van der Waals surface area contributed by atoms with E-state index in [9.17, 15) is 9.59 Å². The first-order chi connectivity index (χ1) is 6.56. The summed E-state index contributed by atoms with van der Waals surface area (Å²) in [6.07, 6.45) is 0.350. The lowest BCUT2D eigenvalue weighted by Gasteiger charge is -2.14. The molecule has 0 amide bonds. The van der Waals surface area contributed by atoms with Gasteiger partial charge in [0.05, 0.1) is 26.1 Å². The molecule has 0 bridgehead atoms. The number of rotatable bonds is 5. The highest BCUT2D eigenvalue weighted by molar-refractivity contribution is 6.19. The fraction of sp³-hybridized carbons (Fsp3) is 0.778. The average Bonchev–Trinajstić information content (AvgIpc) is 2.22. The molecule has 5 heteroatoms. The van der Waals surface area contributed by atoms with Crippen molar-refractivity contribution in [3.8, 4) is 0 Å². The van der Waals surface area contributed by atoms with Crippen molar-refractivity contribution in [3.05, 3.63) is 0 Å². The van der Waals surface area contributed by atoms with Crippen LogP contribution in [0.3, 0.4) is 0 Å². The highest BCUT2D eigenvalue weighted by atomic mass is 35.5. The third-order valence-corrected chi connectivity index (χ3v) is 2.33. The zero-order valence-corrected chi connectivity index (χ0v) is 9.34. The lowest BCUT2D eigenvalue weighted by atomic mass is 9.97. The van der Waals surface area contributed by atoms with Crippen molar-refractivity contribution in [2.45, 2.75) is 13.3 Å². The van der Waals surface area contributed by atoms with E-state index in [2.05, 4.69) is 9.47 Å². The van der Waals surface area contributed by atoms with Gasteiger partial charge in [0.1, 0.15) is 0 Å². The Kier molecular flexibility index (Phi) is 6.28. The maximum absolute atomic E-state index is 11.1. The summed E-state index contributed by atoms with van der Waals surface area (Å²) in [6.45, 7) is 1.69. The summed E-state index contributed by atoms with van der Waals surface area (Å²) in [5, 5.41) is 0. The molecule has 0 heterocycles. The van der Waals surface area contributed by atoms with Gasteiger partial charge in [0.25, 0.3) is 0 Å². The van der Waals surface area contributed by atoms with Crippen LogP contribution in [0.2, 0.25) is 0 Å². The summed E-state index contributed by atoms with van der Waals surface area (Å²) in [5.41, 5.74) is 0. The van der Waals surface area contributed by atoms with Crippen molar-refractivity contribution in [1.82, 2.24) is 0 Å². The molecule has 0 aromatic heterocycles. The topological polar surface area (TPSA) is 52.6 Å². The zero-order chi connectivity index (χ0) is 11.1. The molecule has 82 valence electrons. The Balaban J connectivity index is 4.17. The Morgan fingerprint density at radius 2 is 1.71 bits per heavy atom. The minimum atomic E-state index is -0.448. The van der Waals surface area contributed by atoms with E-state index in [0.29, 0.717) is 6.42 Å². The van der Waals surface area contributed by atoms with Crippen molar-refractivity contribution in [2.24, 2.45) is 11.8 Å². The van der Waals surface area contributed by atoms with Crippen molar-refractivity contribution >= 4 is 23.5 Å². The molecule has 0 aromatic carbocycles. The maximum Gasteiger partial charge on any atom is 0.309 e. The van der Waals surface area contributed by atoms with Crippen LogP contribution in [-0.2, 0) is 19.1 Å². The standard InChI is InChI=1S/C9H15ClO4/c1-6(8(11)13-2)4-7(5-10)9(12)14-3/h6-7H,4-5H2,1-3H3. The Labute approximate surface area is 88.5 Å². The van der Waals surface area contributed by atoms with Crippen molar-refractivity contribution in [3.63, 3.8) is 0 Å². The Morgan fingerprint density at radius 3 is 2.07 bits per heavy atom. The second-order valence-electron chi connectivity index (χ2n) is 3.03. The summed E-state index contributed by atoms with van der Waals surface area (Å²) >= 11 is 5.58. The monoisotopic (exact) mass is 222 g/mol. The summed E-state index contributed by atoms with van der Waals surface area (Å²) in [5.74, 6) is -1.38. The molecule has 0 fully saturated rings. The van der Waals surface area contributed by atoms with Crippen LogP contribution in [0.4, 0.5) is 0 Å². The number of hydrogen-bond acceptors (Lipinski definition) is 4. The van der Waals surface area contributed by atoms with Crippen LogP contribution in [0.15, 0.2) is 0 Å². The van der Waals surface area contributed by atoms with Crippen LogP contribution < -0.4 is 0 Å². The van der Waals surface area contributed by atoms with E-state index in [4.69, 9.17) is 11.6 Å².